The van der Waals surface area contributed by atoms with Crippen LogP contribution in [0.3, 0.4) is 0 Å². The smallest absolute Gasteiger partial charge is 0.317 e. The average Bonchev–Trinajstić information content (AvgIpc) is 2.38. The molecule has 2 aromatic rings. The maximum atomic E-state index is 13.6. The lowest BCUT2D eigenvalue weighted by atomic mass is 10.1. The zero-order valence-corrected chi connectivity index (χ0v) is 10.9. The van der Waals surface area contributed by atoms with Gasteiger partial charge in [-0.15, -0.1) is 6.58 Å². The lowest BCUT2D eigenvalue weighted by Crippen LogP contribution is -2.29. The van der Waals surface area contributed by atoms with Crippen molar-refractivity contribution in [2.45, 2.75) is 6.54 Å². The SMILES string of the molecule is C=CCN(CC(=O)O)Cc1cc(F)cc2cccnc12. The molecule has 0 aliphatic heterocycles. The summed E-state index contributed by atoms with van der Waals surface area (Å²) in [5.41, 5.74) is 1.36. The van der Waals surface area contributed by atoms with Crippen LogP contribution >= 0.6 is 0 Å². The van der Waals surface area contributed by atoms with E-state index in [2.05, 4.69) is 11.6 Å². The Balaban J connectivity index is 2.35. The average molecular weight is 274 g/mol. The minimum atomic E-state index is -0.930. The maximum Gasteiger partial charge on any atom is 0.317 e. The Morgan fingerprint density at radius 2 is 2.30 bits per heavy atom. The number of carboxylic acid groups (broad SMARTS) is 1. The van der Waals surface area contributed by atoms with Crippen molar-refractivity contribution in [3.8, 4) is 0 Å². The number of rotatable bonds is 6. The largest absolute Gasteiger partial charge is 0.480 e. The molecule has 0 amide bonds. The van der Waals surface area contributed by atoms with Crippen molar-refractivity contribution in [2.24, 2.45) is 0 Å². The number of fused-ring (bicyclic) bond motifs is 1. The van der Waals surface area contributed by atoms with Crippen LogP contribution in [0.2, 0.25) is 0 Å². The van der Waals surface area contributed by atoms with Crippen LogP contribution in [0.1, 0.15) is 5.56 Å². The fourth-order valence-corrected chi connectivity index (χ4v) is 2.15. The van der Waals surface area contributed by atoms with Gasteiger partial charge < -0.3 is 5.11 Å². The predicted octanol–water partition coefficient (Wildman–Crippen LogP) is 2.45. The quantitative estimate of drug-likeness (QED) is 0.822. The van der Waals surface area contributed by atoms with Gasteiger partial charge in [0.1, 0.15) is 5.82 Å². The van der Waals surface area contributed by atoms with Crippen molar-refractivity contribution in [1.29, 1.82) is 0 Å². The fraction of sp³-hybridized carbons (Fsp3) is 0.200. The standard InChI is InChI=1S/C15H15FN2O2/c1-2-6-18(10-14(19)20)9-12-8-13(16)7-11-4-3-5-17-15(11)12/h2-5,7-8H,1,6,9-10H2,(H,19,20). The van der Waals surface area contributed by atoms with Crippen LogP contribution in [0.5, 0.6) is 0 Å². The molecule has 0 aliphatic rings. The maximum absolute atomic E-state index is 13.6. The molecule has 4 nitrogen and oxygen atoms in total. The van der Waals surface area contributed by atoms with Gasteiger partial charge in [0.05, 0.1) is 12.1 Å². The minimum absolute atomic E-state index is 0.128. The van der Waals surface area contributed by atoms with E-state index in [0.717, 1.165) is 0 Å². The van der Waals surface area contributed by atoms with Crippen LogP contribution in [-0.2, 0) is 11.3 Å². The molecule has 0 spiro atoms. The summed E-state index contributed by atoms with van der Waals surface area (Å²) in [6, 6.07) is 6.34. The van der Waals surface area contributed by atoms with E-state index in [1.165, 1.54) is 12.1 Å². The molecule has 0 saturated carbocycles. The number of carbonyl (C=O) groups is 1. The molecular weight excluding hydrogens is 259 g/mol. The number of benzene rings is 1. The first-order valence-corrected chi connectivity index (χ1v) is 6.18. The van der Waals surface area contributed by atoms with E-state index < -0.39 is 5.97 Å². The molecular formula is C15H15FN2O2. The molecule has 2 rings (SSSR count). The topological polar surface area (TPSA) is 53.4 Å². The van der Waals surface area contributed by atoms with Gasteiger partial charge in [-0.25, -0.2) is 4.39 Å². The number of hydrogen-bond acceptors (Lipinski definition) is 3. The van der Waals surface area contributed by atoms with Crippen LogP contribution in [0.25, 0.3) is 10.9 Å². The van der Waals surface area contributed by atoms with Crippen LogP contribution < -0.4 is 0 Å². The molecule has 0 fully saturated rings. The Labute approximate surface area is 116 Å². The van der Waals surface area contributed by atoms with Crippen molar-refractivity contribution in [2.75, 3.05) is 13.1 Å². The molecule has 20 heavy (non-hydrogen) atoms. The monoisotopic (exact) mass is 274 g/mol. The van der Waals surface area contributed by atoms with Gasteiger partial charge in [0.2, 0.25) is 0 Å². The Hall–Kier alpha value is -2.27. The molecule has 0 unspecified atom stereocenters. The molecule has 104 valence electrons. The first-order chi connectivity index (χ1) is 9.60. The van der Waals surface area contributed by atoms with Gasteiger partial charge in [0.15, 0.2) is 0 Å². The summed E-state index contributed by atoms with van der Waals surface area (Å²) in [7, 11) is 0. The molecule has 1 aromatic carbocycles. The highest BCUT2D eigenvalue weighted by Crippen LogP contribution is 2.19. The zero-order valence-electron chi connectivity index (χ0n) is 10.9. The summed E-state index contributed by atoms with van der Waals surface area (Å²) in [6.07, 6.45) is 3.26. The molecule has 1 heterocycles. The van der Waals surface area contributed by atoms with E-state index in [-0.39, 0.29) is 12.4 Å². The van der Waals surface area contributed by atoms with Crippen LogP contribution in [-0.4, -0.2) is 34.0 Å². The third-order valence-electron chi connectivity index (χ3n) is 2.89. The zero-order chi connectivity index (χ0) is 14.5. The third kappa shape index (κ3) is 3.39. The summed E-state index contributed by atoms with van der Waals surface area (Å²) >= 11 is 0. The van der Waals surface area contributed by atoms with Crippen molar-refractivity contribution in [1.82, 2.24) is 9.88 Å². The first kappa shape index (κ1) is 14.1. The van der Waals surface area contributed by atoms with Crippen LogP contribution in [0, 0.1) is 5.82 Å². The lowest BCUT2D eigenvalue weighted by Gasteiger charge is -2.19. The molecule has 0 atom stereocenters. The third-order valence-corrected chi connectivity index (χ3v) is 2.89. The van der Waals surface area contributed by atoms with Gasteiger partial charge in [-0.1, -0.05) is 12.1 Å². The summed E-state index contributed by atoms with van der Waals surface area (Å²) in [4.78, 5) is 16.8. The molecule has 0 bridgehead atoms. The van der Waals surface area contributed by atoms with E-state index in [4.69, 9.17) is 5.11 Å². The highest BCUT2D eigenvalue weighted by atomic mass is 19.1. The normalized spacial score (nSPS) is 10.9. The molecule has 5 heteroatoms. The fourth-order valence-electron chi connectivity index (χ4n) is 2.15. The molecule has 0 saturated heterocycles. The van der Waals surface area contributed by atoms with Crippen LogP contribution in [0.4, 0.5) is 4.39 Å². The number of nitrogens with zero attached hydrogens (tertiary/aromatic N) is 2. The second-order valence-corrected chi connectivity index (χ2v) is 4.49. The van der Waals surface area contributed by atoms with E-state index >= 15 is 0 Å². The van der Waals surface area contributed by atoms with Crippen molar-refractivity contribution >= 4 is 16.9 Å². The van der Waals surface area contributed by atoms with Gasteiger partial charge in [-0.2, -0.15) is 0 Å². The summed E-state index contributed by atoms with van der Waals surface area (Å²) in [5, 5.41) is 9.60. The number of halogens is 1. The minimum Gasteiger partial charge on any atom is -0.480 e. The van der Waals surface area contributed by atoms with E-state index in [9.17, 15) is 9.18 Å². The van der Waals surface area contributed by atoms with Crippen molar-refractivity contribution < 1.29 is 14.3 Å². The van der Waals surface area contributed by atoms with Gasteiger partial charge in [-0.05, 0) is 23.8 Å². The second-order valence-electron chi connectivity index (χ2n) is 4.49. The Morgan fingerprint density at radius 3 is 3.00 bits per heavy atom. The predicted molar refractivity (Wildman–Crippen MR) is 74.8 cm³/mol. The van der Waals surface area contributed by atoms with E-state index in [1.807, 2.05) is 0 Å². The van der Waals surface area contributed by atoms with Crippen molar-refractivity contribution in [3.05, 3.63) is 54.5 Å². The Bertz CT molecular complexity index is 643. The van der Waals surface area contributed by atoms with Gasteiger partial charge in [0.25, 0.3) is 0 Å². The summed E-state index contributed by atoms with van der Waals surface area (Å²) < 4.78 is 13.6. The van der Waals surface area contributed by atoms with Crippen molar-refractivity contribution in [3.63, 3.8) is 0 Å². The Kier molecular flexibility index (Phi) is 4.42. The van der Waals surface area contributed by atoms with E-state index in [1.54, 1.807) is 29.3 Å². The summed E-state index contributed by atoms with van der Waals surface area (Å²) in [5.74, 6) is -1.28. The molecule has 0 aliphatic carbocycles. The van der Waals surface area contributed by atoms with E-state index in [0.29, 0.717) is 29.6 Å². The van der Waals surface area contributed by atoms with Gasteiger partial charge in [-0.3, -0.25) is 14.7 Å². The number of carboxylic acids is 1. The summed E-state index contributed by atoms with van der Waals surface area (Å²) in [6.45, 7) is 4.20. The van der Waals surface area contributed by atoms with Gasteiger partial charge >= 0.3 is 5.97 Å². The molecule has 1 aromatic heterocycles. The number of aliphatic carboxylic acids is 1. The lowest BCUT2D eigenvalue weighted by molar-refractivity contribution is -0.138. The van der Waals surface area contributed by atoms with Gasteiger partial charge in [0, 0.05) is 24.7 Å². The Morgan fingerprint density at radius 1 is 1.50 bits per heavy atom. The molecule has 1 N–H and O–H groups in total. The molecule has 0 radical (unpaired) electrons. The van der Waals surface area contributed by atoms with Crippen LogP contribution in [0.15, 0.2) is 43.1 Å². The highest BCUT2D eigenvalue weighted by Gasteiger charge is 2.12. The highest BCUT2D eigenvalue weighted by molar-refractivity contribution is 5.81. The second kappa shape index (κ2) is 6.25. The number of hydrogen-bond donors (Lipinski definition) is 1. The number of aromatic nitrogens is 1. The number of pyridine rings is 1. The first-order valence-electron chi connectivity index (χ1n) is 6.18.